The minimum absolute atomic E-state index is 0.0576. The highest BCUT2D eigenvalue weighted by molar-refractivity contribution is 6.31. The third-order valence-corrected chi connectivity index (χ3v) is 5.15. The summed E-state index contributed by atoms with van der Waals surface area (Å²) in [7, 11) is 0. The van der Waals surface area contributed by atoms with Gasteiger partial charge in [-0.05, 0) is 55.2 Å². The highest BCUT2D eigenvalue weighted by atomic mass is 35.5. The normalized spacial score (nSPS) is 16.1. The van der Waals surface area contributed by atoms with Crippen LogP contribution in [-0.2, 0) is 16.1 Å². The Morgan fingerprint density at radius 2 is 1.97 bits per heavy atom. The molecule has 0 saturated carbocycles. The van der Waals surface area contributed by atoms with Crippen LogP contribution in [0.5, 0.6) is 0 Å². The van der Waals surface area contributed by atoms with Gasteiger partial charge >= 0.3 is 0 Å². The summed E-state index contributed by atoms with van der Waals surface area (Å²) in [5, 5.41) is 9.36. The molecule has 1 aliphatic heterocycles. The van der Waals surface area contributed by atoms with Crippen molar-refractivity contribution >= 4 is 35.1 Å². The van der Waals surface area contributed by atoms with Gasteiger partial charge in [0.1, 0.15) is 0 Å². The summed E-state index contributed by atoms with van der Waals surface area (Å²) in [6.45, 7) is 5.03. The highest BCUT2D eigenvalue weighted by Gasteiger charge is 2.16. The van der Waals surface area contributed by atoms with Crippen LogP contribution in [0.2, 0.25) is 5.02 Å². The highest BCUT2D eigenvalue weighted by Crippen LogP contribution is 2.20. The number of carbonyl (C=O) groups is 2. The van der Waals surface area contributed by atoms with Crippen LogP contribution in [0.4, 0.5) is 5.69 Å². The Kier molecular flexibility index (Phi) is 8.03. The number of rotatable bonds is 6. The fourth-order valence-electron chi connectivity index (χ4n) is 3.13. The number of nitrogens with zero attached hydrogens (tertiary/aromatic N) is 1. The molecule has 2 aromatic rings. The van der Waals surface area contributed by atoms with Gasteiger partial charge in [0.2, 0.25) is 11.9 Å². The van der Waals surface area contributed by atoms with E-state index in [4.69, 9.17) is 16.3 Å². The molecular formula is C23H27ClN4O3. The molecule has 0 spiro atoms. The summed E-state index contributed by atoms with van der Waals surface area (Å²) in [5.41, 5.74) is 3.14. The smallest absolute Gasteiger partial charge is 0.257 e. The quantitative estimate of drug-likeness (QED) is 0.470. The van der Waals surface area contributed by atoms with Gasteiger partial charge in [0.05, 0.1) is 12.6 Å². The fourth-order valence-corrected chi connectivity index (χ4v) is 3.30. The van der Waals surface area contributed by atoms with E-state index < -0.39 is 0 Å². The number of halogens is 1. The first-order chi connectivity index (χ1) is 14.9. The van der Waals surface area contributed by atoms with Crippen LogP contribution in [0.25, 0.3) is 0 Å². The van der Waals surface area contributed by atoms with Crippen molar-refractivity contribution < 1.29 is 14.3 Å². The molecule has 1 saturated heterocycles. The fraction of sp³-hybridized carbons (Fsp3) is 0.348. The molecule has 1 aliphatic rings. The maximum Gasteiger partial charge on any atom is 0.257 e. The number of aliphatic imine (C=N–C) groups is 1. The van der Waals surface area contributed by atoms with E-state index in [-0.39, 0.29) is 17.9 Å². The molecule has 3 rings (SSSR count). The van der Waals surface area contributed by atoms with Gasteiger partial charge in [0.15, 0.2) is 0 Å². The zero-order valence-electron chi connectivity index (χ0n) is 17.7. The molecule has 1 heterocycles. The lowest BCUT2D eigenvalue weighted by Crippen LogP contribution is -2.37. The molecule has 1 atom stereocenters. The Morgan fingerprint density at radius 3 is 2.65 bits per heavy atom. The average molecular weight is 443 g/mol. The van der Waals surface area contributed by atoms with Crippen LogP contribution in [0, 0.1) is 6.92 Å². The molecular weight excluding hydrogens is 416 g/mol. The summed E-state index contributed by atoms with van der Waals surface area (Å²) in [6.07, 6.45) is 2.03. The minimum Gasteiger partial charge on any atom is -0.376 e. The number of ether oxygens (including phenoxy) is 1. The SMILES string of the molecule is CC(=O)NCc1ccc(C(=O)NC(=NC[C@@H]2CCCO2)Nc2cc(Cl)ccc2C)cc1. The van der Waals surface area contributed by atoms with E-state index in [9.17, 15) is 9.59 Å². The molecule has 0 aromatic heterocycles. The number of anilines is 1. The van der Waals surface area contributed by atoms with Crippen molar-refractivity contribution in [2.24, 2.45) is 4.99 Å². The molecule has 8 heteroatoms. The number of benzene rings is 2. The summed E-state index contributed by atoms with van der Waals surface area (Å²) in [5.74, 6) is -0.0474. The number of aryl methyl sites for hydroxylation is 1. The van der Waals surface area contributed by atoms with Crippen LogP contribution < -0.4 is 16.0 Å². The summed E-state index contributed by atoms with van der Waals surface area (Å²) < 4.78 is 5.64. The maximum absolute atomic E-state index is 12.8. The lowest BCUT2D eigenvalue weighted by molar-refractivity contribution is -0.119. The van der Waals surface area contributed by atoms with Crippen LogP contribution >= 0.6 is 11.6 Å². The lowest BCUT2D eigenvalue weighted by atomic mass is 10.1. The van der Waals surface area contributed by atoms with Crippen molar-refractivity contribution in [2.45, 2.75) is 39.3 Å². The topological polar surface area (TPSA) is 91.8 Å². The molecule has 1 fully saturated rings. The van der Waals surface area contributed by atoms with Crippen molar-refractivity contribution in [3.63, 3.8) is 0 Å². The summed E-state index contributed by atoms with van der Waals surface area (Å²) >= 11 is 6.13. The molecule has 0 unspecified atom stereocenters. The summed E-state index contributed by atoms with van der Waals surface area (Å²) in [6, 6.07) is 12.6. The van der Waals surface area contributed by atoms with E-state index in [1.54, 1.807) is 18.2 Å². The number of amides is 2. The zero-order chi connectivity index (χ0) is 22.2. The summed E-state index contributed by atoms with van der Waals surface area (Å²) in [4.78, 5) is 28.4. The van der Waals surface area contributed by atoms with Gasteiger partial charge in [-0.3, -0.25) is 14.9 Å². The number of nitrogens with one attached hydrogen (secondary N) is 3. The van der Waals surface area contributed by atoms with Crippen LogP contribution in [0.1, 0.15) is 41.3 Å². The average Bonchev–Trinajstić information content (AvgIpc) is 3.27. The Hall–Kier alpha value is -2.90. The standard InChI is InChI=1S/C23H27ClN4O3/c1-15-5-10-19(24)12-21(15)27-23(26-14-20-4-3-11-31-20)28-22(30)18-8-6-17(7-9-18)13-25-16(2)29/h5-10,12,20H,3-4,11,13-14H2,1-2H3,(H,25,29)(H2,26,27,28,30)/t20-/m0/s1. The third kappa shape index (κ3) is 7.08. The van der Waals surface area contributed by atoms with Crippen molar-refractivity contribution in [1.82, 2.24) is 10.6 Å². The monoisotopic (exact) mass is 442 g/mol. The number of hydrogen-bond donors (Lipinski definition) is 3. The maximum atomic E-state index is 12.8. The van der Waals surface area contributed by atoms with Gasteiger partial charge in [0, 0.05) is 36.3 Å². The first kappa shape index (κ1) is 22.8. The van der Waals surface area contributed by atoms with Crippen LogP contribution in [0.3, 0.4) is 0 Å². The molecule has 2 aromatic carbocycles. The molecule has 0 bridgehead atoms. The third-order valence-electron chi connectivity index (χ3n) is 4.92. The van der Waals surface area contributed by atoms with E-state index in [2.05, 4.69) is 20.9 Å². The molecule has 2 amide bonds. The minimum atomic E-state index is -0.288. The molecule has 0 radical (unpaired) electrons. The number of carbonyl (C=O) groups excluding carboxylic acids is 2. The van der Waals surface area contributed by atoms with Crippen LogP contribution in [0.15, 0.2) is 47.5 Å². The zero-order valence-corrected chi connectivity index (χ0v) is 18.5. The largest absolute Gasteiger partial charge is 0.376 e. The predicted molar refractivity (Wildman–Crippen MR) is 123 cm³/mol. The van der Waals surface area contributed by atoms with E-state index >= 15 is 0 Å². The van der Waals surface area contributed by atoms with E-state index in [1.165, 1.54) is 6.92 Å². The van der Waals surface area contributed by atoms with Gasteiger partial charge in [-0.25, -0.2) is 4.99 Å². The van der Waals surface area contributed by atoms with Gasteiger partial charge in [-0.15, -0.1) is 0 Å². The molecule has 3 N–H and O–H groups in total. The first-order valence-corrected chi connectivity index (χ1v) is 10.6. The van der Waals surface area contributed by atoms with E-state index in [0.717, 1.165) is 36.3 Å². The lowest BCUT2D eigenvalue weighted by Gasteiger charge is -2.15. The molecule has 164 valence electrons. The van der Waals surface area contributed by atoms with Crippen molar-refractivity contribution in [1.29, 1.82) is 0 Å². The molecule has 0 aliphatic carbocycles. The number of hydrogen-bond acceptors (Lipinski definition) is 4. The van der Waals surface area contributed by atoms with E-state index in [0.29, 0.717) is 29.6 Å². The van der Waals surface area contributed by atoms with Crippen molar-refractivity contribution in [2.75, 3.05) is 18.5 Å². The second kappa shape index (κ2) is 10.9. The Balaban J connectivity index is 1.72. The Bertz CT molecular complexity index is 954. The molecule has 7 nitrogen and oxygen atoms in total. The van der Waals surface area contributed by atoms with E-state index in [1.807, 2.05) is 31.2 Å². The van der Waals surface area contributed by atoms with Gasteiger partial charge in [-0.1, -0.05) is 29.8 Å². The second-order valence-corrected chi connectivity index (χ2v) is 7.91. The second-order valence-electron chi connectivity index (χ2n) is 7.47. The predicted octanol–water partition coefficient (Wildman–Crippen LogP) is 3.66. The molecule has 31 heavy (non-hydrogen) atoms. The van der Waals surface area contributed by atoms with Crippen molar-refractivity contribution in [3.8, 4) is 0 Å². The first-order valence-electron chi connectivity index (χ1n) is 10.2. The Labute approximate surface area is 187 Å². The van der Waals surface area contributed by atoms with Gasteiger partial charge in [-0.2, -0.15) is 0 Å². The Morgan fingerprint density at radius 1 is 1.19 bits per heavy atom. The number of guanidine groups is 1. The van der Waals surface area contributed by atoms with Crippen molar-refractivity contribution in [3.05, 3.63) is 64.2 Å². The van der Waals surface area contributed by atoms with Crippen LogP contribution in [-0.4, -0.2) is 37.0 Å². The van der Waals surface area contributed by atoms with Gasteiger partial charge in [0.25, 0.3) is 5.91 Å². The van der Waals surface area contributed by atoms with Gasteiger partial charge < -0.3 is 15.4 Å².